The van der Waals surface area contributed by atoms with Crippen molar-refractivity contribution in [1.29, 1.82) is 0 Å². The summed E-state index contributed by atoms with van der Waals surface area (Å²) in [7, 11) is 0. The van der Waals surface area contributed by atoms with Crippen molar-refractivity contribution >= 4 is 17.2 Å². The standard InChI is InChI=1S/C12H13FN4S/c13-10-11(9-2-1-7-18-9)15-8-16-12(10)17-5-3-14-4-6-17/h1-2,7-8,14H,3-6H2. The molecule has 0 spiro atoms. The number of nitrogens with one attached hydrogen (secondary N) is 1. The Bertz CT molecular complexity index is 523. The Hall–Kier alpha value is -1.53. The Balaban J connectivity index is 1.98. The van der Waals surface area contributed by atoms with Crippen LogP contribution in [-0.4, -0.2) is 36.1 Å². The van der Waals surface area contributed by atoms with E-state index in [-0.39, 0.29) is 5.82 Å². The zero-order chi connectivity index (χ0) is 12.4. The Labute approximate surface area is 108 Å². The second-order valence-electron chi connectivity index (χ2n) is 4.07. The molecule has 0 saturated carbocycles. The van der Waals surface area contributed by atoms with Crippen LogP contribution in [0.15, 0.2) is 23.8 Å². The highest BCUT2D eigenvalue weighted by molar-refractivity contribution is 7.13. The molecular formula is C12H13FN4S. The van der Waals surface area contributed by atoms with Crippen molar-refractivity contribution in [3.63, 3.8) is 0 Å². The van der Waals surface area contributed by atoms with E-state index in [1.807, 2.05) is 22.4 Å². The maximum atomic E-state index is 14.4. The first-order chi connectivity index (χ1) is 8.86. The summed E-state index contributed by atoms with van der Waals surface area (Å²) in [5.41, 5.74) is 0.397. The summed E-state index contributed by atoms with van der Waals surface area (Å²) in [5, 5.41) is 5.16. The van der Waals surface area contributed by atoms with E-state index in [1.54, 1.807) is 0 Å². The lowest BCUT2D eigenvalue weighted by Crippen LogP contribution is -2.44. The molecule has 94 valence electrons. The fraction of sp³-hybridized carbons (Fsp3) is 0.333. The largest absolute Gasteiger partial charge is 0.352 e. The predicted octanol–water partition coefficient (Wildman–Crippen LogP) is 1.75. The number of piperazine rings is 1. The van der Waals surface area contributed by atoms with Crippen molar-refractivity contribution in [3.05, 3.63) is 29.7 Å². The first-order valence-corrected chi connectivity index (χ1v) is 6.74. The minimum absolute atomic E-state index is 0.318. The van der Waals surface area contributed by atoms with Crippen LogP contribution in [0.5, 0.6) is 0 Å². The molecule has 1 N–H and O–H groups in total. The SMILES string of the molecule is Fc1c(-c2cccs2)ncnc1N1CCNCC1. The van der Waals surface area contributed by atoms with E-state index >= 15 is 0 Å². The van der Waals surface area contributed by atoms with Gasteiger partial charge in [-0.25, -0.2) is 14.4 Å². The van der Waals surface area contributed by atoms with Crippen molar-refractivity contribution in [1.82, 2.24) is 15.3 Å². The molecule has 6 heteroatoms. The van der Waals surface area contributed by atoms with Gasteiger partial charge in [-0.3, -0.25) is 0 Å². The maximum Gasteiger partial charge on any atom is 0.192 e. The molecule has 0 amide bonds. The monoisotopic (exact) mass is 264 g/mol. The van der Waals surface area contributed by atoms with Crippen LogP contribution < -0.4 is 10.2 Å². The van der Waals surface area contributed by atoms with Gasteiger partial charge in [-0.05, 0) is 11.4 Å². The number of rotatable bonds is 2. The molecule has 3 heterocycles. The quantitative estimate of drug-likeness (QED) is 0.897. The van der Waals surface area contributed by atoms with Crippen molar-refractivity contribution in [3.8, 4) is 10.6 Å². The molecule has 0 radical (unpaired) electrons. The molecule has 0 aromatic carbocycles. The van der Waals surface area contributed by atoms with E-state index in [0.717, 1.165) is 31.1 Å². The summed E-state index contributed by atoms with van der Waals surface area (Å²) in [5.74, 6) is 0.0942. The van der Waals surface area contributed by atoms with Gasteiger partial charge in [-0.2, -0.15) is 0 Å². The molecule has 0 atom stereocenters. The molecule has 18 heavy (non-hydrogen) atoms. The van der Waals surface area contributed by atoms with Gasteiger partial charge < -0.3 is 10.2 Å². The summed E-state index contributed by atoms with van der Waals surface area (Å²) in [4.78, 5) is 10.9. The van der Waals surface area contributed by atoms with Crippen molar-refractivity contribution in [2.24, 2.45) is 0 Å². The summed E-state index contributed by atoms with van der Waals surface area (Å²) >= 11 is 1.48. The van der Waals surface area contributed by atoms with Crippen LogP contribution in [0.3, 0.4) is 0 Å². The van der Waals surface area contributed by atoms with Gasteiger partial charge in [0.05, 0.1) is 4.88 Å². The van der Waals surface area contributed by atoms with Crippen LogP contribution in [0, 0.1) is 5.82 Å². The van der Waals surface area contributed by atoms with Crippen LogP contribution in [0.4, 0.5) is 10.2 Å². The lowest BCUT2D eigenvalue weighted by Gasteiger charge is -2.28. The summed E-state index contributed by atoms with van der Waals surface area (Å²) in [6.07, 6.45) is 1.44. The van der Waals surface area contributed by atoms with Crippen LogP contribution in [-0.2, 0) is 0 Å². The molecule has 0 bridgehead atoms. The van der Waals surface area contributed by atoms with E-state index < -0.39 is 0 Å². The van der Waals surface area contributed by atoms with E-state index in [4.69, 9.17) is 0 Å². The number of hydrogen-bond donors (Lipinski definition) is 1. The maximum absolute atomic E-state index is 14.4. The molecule has 4 nitrogen and oxygen atoms in total. The van der Waals surface area contributed by atoms with Crippen LogP contribution in [0.2, 0.25) is 0 Å². The van der Waals surface area contributed by atoms with Gasteiger partial charge in [0, 0.05) is 26.2 Å². The zero-order valence-corrected chi connectivity index (χ0v) is 10.6. The first kappa shape index (κ1) is 11.6. The van der Waals surface area contributed by atoms with E-state index in [2.05, 4.69) is 15.3 Å². The number of aromatic nitrogens is 2. The van der Waals surface area contributed by atoms with Gasteiger partial charge in [0.25, 0.3) is 0 Å². The average Bonchev–Trinajstić information content (AvgIpc) is 2.94. The molecule has 2 aromatic rings. The summed E-state index contributed by atoms with van der Waals surface area (Å²) < 4.78 is 14.4. The predicted molar refractivity (Wildman–Crippen MR) is 70.4 cm³/mol. The lowest BCUT2D eigenvalue weighted by molar-refractivity contribution is 0.557. The van der Waals surface area contributed by atoms with Gasteiger partial charge >= 0.3 is 0 Å². The summed E-state index contributed by atoms with van der Waals surface area (Å²) in [6.45, 7) is 3.27. The van der Waals surface area contributed by atoms with Gasteiger partial charge in [-0.15, -0.1) is 11.3 Å². The second-order valence-corrected chi connectivity index (χ2v) is 5.02. The molecule has 1 saturated heterocycles. The fourth-order valence-corrected chi connectivity index (χ4v) is 2.76. The van der Waals surface area contributed by atoms with Crippen LogP contribution >= 0.6 is 11.3 Å². The van der Waals surface area contributed by atoms with Crippen molar-refractivity contribution < 1.29 is 4.39 Å². The third kappa shape index (κ3) is 2.09. The molecule has 2 aromatic heterocycles. The smallest absolute Gasteiger partial charge is 0.192 e. The fourth-order valence-electron chi connectivity index (χ4n) is 2.04. The molecule has 0 unspecified atom stereocenters. The topological polar surface area (TPSA) is 41.1 Å². The number of anilines is 1. The summed E-state index contributed by atoms with van der Waals surface area (Å²) in [6, 6.07) is 3.77. The molecule has 1 aliphatic rings. The molecule has 1 aliphatic heterocycles. The third-order valence-corrected chi connectivity index (χ3v) is 3.82. The first-order valence-electron chi connectivity index (χ1n) is 5.86. The van der Waals surface area contributed by atoms with E-state index in [9.17, 15) is 4.39 Å². The van der Waals surface area contributed by atoms with Gasteiger partial charge in [0.2, 0.25) is 0 Å². The van der Waals surface area contributed by atoms with Gasteiger partial charge in [-0.1, -0.05) is 6.07 Å². The van der Waals surface area contributed by atoms with Crippen molar-refractivity contribution in [2.45, 2.75) is 0 Å². The second kappa shape index (κ2) is 4.99. The highest BCUT2D eigenvalue weighted by Crippen LogP contribution is 2.29. The van der Waals surface area contributed by atoms with Crippen LogP contribution in [0.25, 0.3) is 10.6 Å². The highest BCUT2D eigenvalue weighted by Gasteiger charge is 2.20. The normalized spacial score (nSPS) is 15.9. The number of nitrogens with zero attached hydrogens (tertiary/aromatic N) is 3. The average molecular weight is 264 g/mol. The zero-order valence-electron chi connectivity index (χ0n) is 9.77. The van der Waals surface area contributed by atoms with Gasteiger partial charge in [0.15, 0.2) is 11.6 Å². The molecule has 0 aliphatic carbocycles. The number of hydrogen-bond acceptors (Lipinski definition) is 5. The minimum Gasteiger partial charge on any atom is -0.352 e. The molecular weight excluding hydrogens is 251 g/mol. The van der Waals surface area contributed by atoms with Crippen LogP contribution in [0.1, 0.15) is 0 Å². The lowest BCUT2D eigenvalue weighted by atomic mass is 10.3. The Morgan fingerprint density at radius 1 is 1.28 bits per heavy atom. The Morgan fingerprint density at radius 2 is 2.11 bits per heavy atom. The molecule has 3 rings (SSSR count). The number of thiophene rings is 1. The minimum atomic E-state index is -0.318. The van der Waals surface area contributed by atoms with E-state index in [0.29, 0.717) is 11.5 Å². The third-order valence-electron chi connectivity index (χ3n) is 2.94. The van der Waals surface area contributed by atoms with Gasteiger partial charge in [0.1, 0.15) is 12.0 Å². The molecule has 1 fully saturated rings. The number of halogens is 1. The highest BCUT2D eigenvalue weighted by atomic mass is 32.1. The Kier molecular flexibility index (Phi) is 3.21. The Morgan fingerprint density at radius 3 is 2.83 bits per heavy atom. The van der Waals surface area contributed by atoms with Crippen molar-refractivity contribution in [2.75, 3.05) is 31.1 Å². The van der Waals surface area contributed by atoms with E-state index in [1.165, 1.54) is 17.7 Å².